The van der Waals surface area contributed by atoms with Gasteiger partial charge in [-0.1, -0.05) is 0 Å². The summed E-state index contributed by atoms with van der Waals surface area (Å²) in [6.07, 6.45) is 1.65. The Hall–Kier alpha value is -2.47. The van der Waals surface area contributed by atoms with E-state index >= 15 is 0 Å². The van der Waals surface area contributed by atoms with E-state index < -0.39 is 0 Å². The molecule has 0 saturated carbocycles. The Morgan fingerprint density at radius 3 is 2.85 bits per heavy atom. The molecule has 20 heavy (non-hydrogen) atoms. The number of nitrogens with two attached hydrogens (primary N) is 1. The summed E-state index contributed by atoms with van der Waals surface area (Å²) in [6.45, 7) is 1.72. The first-order valence-corrected chi connectivity index (χ1v) is 6.12. The van der Waals surface area contributed by atoms with E-state index in [0.29, 0.717) is 23.0 Å². The van der Waals surface area contributed by atoms with Crippen LogP contribution < -0.4 is 15.8 Å². The normalized spacial score (nSPS) is 10.2. The molecule has 0 aliphatic carbocycles. The summed E-state index contributed by atoms with van der Waals surface area (Å²) >= 11 is 0. The molecule has 0 spiro atoms. The van der Waals surface area contributed by atoms with Crippen LogP contribution in [0.25, 0.3) is 11.3 Å². The van der Waals surface area contributed by atoms with E-state index in [4.69, 9.17) is 10.5 Å². The van der Waals surface area contributed by atoms with Crippen molar-refractivity contribution in [2.75, 3.05) is 12.4 Å². The van der Waals surface area contributed by atoms with Crippen LogP contribution in [-0.4, -0.2) is 23.0 Å². The van der Waals surface area contributed by atoms with Crippen molar-refractivity contribution in [1.29, 1.82) is 0 Å². The smallest absolute Gasteiger partial charge is 0.221 e. The molecule has 0 unspecified atom stereocenters. The molecule has 1 amide bonds. The lowest BCUT2D eigenvalue weighted by atomic mass is 10.1. The predicted octanol–water partition coefficient (Wildman–Crippen LogP) is 1.57. The summed E-state index contributed by atoms with van der Waals surface area (Å²) in [6, 6.07) is 7.14. The highest BCUT2D eigenvalue weighted by molar-refractivity contribution is 5.90. The third-order valence-corrected chi connectivity index (χ3v) is 2.68. The van der Waals surface area contributed by atoms with Crippen molar-refractivity contribution in [3.8, 4) is 17.0 Å². The van der Waals surface area contributed by atoms with Gasteiger partial charge >= 0.3 is 0 Å². The largest absolute Gasteiger partial charge is 0.496 e. The molecule has 1 aromatic carbocycles. The number of carbonyl (C=O) groups excluding carboxylic acids is 1. The molecule has 3 N–H and O–H groups in total. The van der Waals surface area contributed by atoms with E-state index in [1.54, 1.807) is 31.5 Å². The highest BCUT2D eigenvalue weighted by atomic mass is 16.5. The third-order valence-electron chi connectivity index (χ3n) is 2.68. The van der Waals surface area contributed by atoms with Crippen LogP contribution in [-0.2, 0) is 11.3 Å². The van der Waals surface area contributed by atoms with Crippen LogP contribution in [0, 0.1) is 0 Å². The van der Waals surface area contributed by atoms with Gasteiger partial charge in [0.15, 0.2) is 0 Å². The van der Waals surface area contributed by atoms with Crippen molar-refractivity contribution in [2.24, 2.45) is 5.73 Å². The molecule has 0 aliphatic rings. The zero-order valence-electron chi connectivity index (χ0n) is 11.4. The van der Waals surface area contributed by atoms with Gasteiger partial charge in [-0.25, -0.2) is 9.97 Å². The Balaban J connectivity index is 2.48. The number of nitrogens with one attached hydrogen (secondary N) is 1. The van der Waals surface area contributed by atoms with Gasteiger partial charge in [-0.3, -0.25) is 4.79 Å². The number of hydrogen-bond donors (Lipinski definition) is 2. The first-order valence-electron chi connectivity index (χ1n) is 6.12. The van der Waals surface area contributed by atoms with Crippen molar-refractivity contribution in [3.05, 3.63) is 36.3 Å². The molecule has 0 aliphatic heterocycles. The topological polar surface area (TPSA) is 90.1 Å². The molecule has 2 aromatic rings. The molecule has 0 atom stereocenters. The highest BCUT2D eigenvalue weighted by Gasteiger charge is 2.10. The van der Waals surface area contributed by atoms with Gasteiger partial charge in [-0.05, 0) is 24.3 Å². The quantitative estimate of drug-likeness (QED) is 0.881. The summed E-state index contributed by atoms with van der Waals surface area (Å²) in [5.74, 6) is 1.08. The molecule has 0 fully saturated rings. The van der Waals surface area contributed by atoms with Crippen LogP contribution in [0.15, 0.2) is 30.5 Å². The van der Waals surface area contributed by atoms with E-state index in [-0.39, 0.29) is 12.5 Å². The third kappa shape index (κ3) is 3.10. The van der Waals surface area contributed by atoms with E-state index in [2.05, 4.69) is 15.3 Å². The van der Waals surface area contributed by atoms with Gasteiger partial charge in [0.25, 0.3) is 0 Å². The van der Waals surface area contributed by atoms with Crippen LogP contribution in [0.1, 0.15) is 12.7 Å². The lowest BCUT2D eigenvalue weighted by Crippen LogP contribution is -2.06. The SMILES string of the molecule is COc1ccc(NC(C)=O)cc1-c1ccnc(CN)n1. The molecule has 6 heteroatoms. The average molecular weight is 272 g/mol. The van der Waals surface area contributed by atoms with Crippen LogP contribution >= 0.6 is 0 Å². The Morgan fingerprint density at radius 1 is 1.40 bits per heavy atom. The van der Waals surface area contributed by atoms with Gasteiger partial charge in [0.2, 0.25) is 5.91 Å². The maximum atomic E-state index is 11.1. The monoisotopic (exact) mass is 272 g/mol. The van der Waals surface area contributed by atoms with E-state index in [1.807, 2.05) is 6.07 Å². The van der Waals surface area contributed by atoms with Crippen LogP contribution in [0.4, 0.5) is 5.69 Å². The van der Waals surface area contributed by atoms with Gasteiger partial charge < -0.3 is 15.8 Å². The molecule has 6 nitrogen and oxygen atoms in total. The fourth-order valence-electron chi connectivity index (χ4n) is 1.84. The lowest BCUT2D eigenvalue weighted by Gasteiger charge is -2.11. The van der Waals surface area contributed by atoms with E-state index in [1.165, 1.54) is 6.92 Å². The maximum Gasteiger partial charge on any atom is 0.221 e. The summed E-state index contributed by atoms with van der Waals surface area (Å²) in [4.78, 5) is 19.6. The molecule has 0 saturated heterocycles. The average Bonchev–Trinajstić information content (AvgIpc) is 2.46. The Labute approximate surface area is 117 Å². The summed E-state index contributed by atoms with van der Waals surface area (Å²) < 4.78 is 5.33. The molecular formula is C14H16N4O2. The number of hydrogen-bond acceptors (Lipinski definition) is 5. The zero-order chi connectivity index (χ0) is 14.5. The number of benzene rings is 1. The second-order valence-electron chi connectivity index (χ2n) is 4.16. The number of anilines is 1. The molecule has 1 heterocycles. The molecule has 0 bridgehead atoms. The number of nitrogens with zero attached hydrogens (tertiary/aromatic N) is 2. The van der Waals surface area contributed by atoms with Crippen molar-refractivity contribution < 1.29 is 9.53 Å². The first kappa shape index (κ1) is 14.0. The van der Waals surface area contributed by atoms with Gasteiger partial charge in [-0.15, -0.1) is 0 Å². The van der Waals surface area contributed by atoms with Gasteiger partial charge in [-0.2, -0.15) is 0 Å². The van der Waals surface area contributed by atoms with Gasteiger partial charge in [0.05, 0.1) is 19.3 Å². The van der Waals surface area contributed by atoms with Crippen LogP contribution in [0.5, 0.6) is 5.75 Å². The molecule has 2 rings (SSSR count). The van der Waals surface area contributed by atoms with E-state index in [9.17, 15) is 4.79 Å². The van der Waals surface area contributed by atoms with Crippen molar-refractivity contribution in [2.45, 2.75) is 13.5 Å². The first-order chi connectivity index (χ1) is 9.63. The summed E-state index contributed by atoms with van der Waals surface area (Å²) in [5.41, 5.74) is 7.70. The number of amides is 1. The number of ether oxygens (including phenoxy) is 1. The predicted molar refractivity (Wildman–Crippen MR) is 76.2 cm³/mol. The van der Waals surface area contributed by atoms with Gasteiger partial charge in [0, 0.05) is 24.4 Å². The second kappa shape index (κ2) is 6.12. The number of carbonyl (C=O) groups is 1. The lowest BCUT2D eigenvalue weighted by molar-refractivity contribution is -0.114. The maximum absolute atomic E-state index is 11.1. The highest BCUT2D eigenvalue weighted by Crippen LogP contribution is 2.31. The van der Waals surface area contributed by atoms with Crippen molar-refractivity contribution >= 4 is 11.6 Å². The minimum absolute atomic E-state index is 0.133. The van der Waals surface area contributed by atoms with Crippen LogP contribution in [0.2, 0.25) is 0 Å². The second-order valence-corrected chi connectivity index (χ2v) is 4.16. The zero-order valence-corrected chi connectivity index (χ0v) is 11.4. The van der Waals surface area contributed by atoms with Crippen LogP contribution in [0.3, 0.4) is 0 Å². The minimum atomic E-state index is -0.133. The number of rotatable bonds is 4. The Bertz CT molecular complexity index is 628. The fourth-order valence-corrected chi connectivity index (χ4v) is 1.84. The molecular weight excluding hydrogens is 256 g/mol. The summed E-state index contributed by atoms with van der Waals surface area (Å²) in [5, 5.41) is 2.73. The van der Waals surface area contributed by atoms with Crippen molar-refractivity contribution in [3.63, 3.8) is 0 Å². The molecule has 0 radical (unpaired) electrons. The number of methoxy groups -OCH3 is 1. The van der Waals surface area contributed by atoms with Crippen molar-refractivity contribution in [1.82, 2.24) is 9.97 Å². The van der Waals surface area contributed by atoms with Gasteiger partial charge in [0.1, 0.15) is 11.6 Å². The number of aromatic nitrogens is 2. The Kier molecular flexibility index (Phi) is 4.27. The summed E-state index contributed by atoms with van der Waals surface area (Å²) in [7, 11) is 1.59. The minimum Gasteiger partial charge on any atom is -0.496 e. The van der Waals surface area contributed by atoms with E-state index in [0.717, 1.165) is 5.56 Å². The molecule has 1 aromatic heterocycles. The molecule has 104 valence electrons. The Morgan fingerprint density at radius 2 is 2.20 bits per heavy atom. The standard InChI is InChI=1S/C14H16N4O2/c1-9(19)17-10-3-4-13(20-2)11(7-10)12-5-6-16-14(8-15)18-12/h3-7H,8,15H2,1-2H3,(H,17,19). The fraction of sp³-hybridized carbons (Fsp3) is 0.214.